The van der Waals surface area contributed by atoms with Gasteiger partial charge in [-0.1, -0.05) is 0 Å². The first kappa shape index (κ1) is 21.5. The zero-order valence-electron chi connectivity index (χ0n) is 16.5. The van der Waals surface area contributed by atoms with Crippen LogP contribution in [0.1, 0.15) is 35.1 Å². The summed E-state index contributed by atoms with van der Waals surface area (Å²) < 4.78 is 32.4. The van der Waals surface area contributed by atoms with E-state index >= 15 is 0 Å². The third-order valence-corrected chi connectivity index (χ3v) is 6.77. The molecule has 2 heterocycles. The van der Waals surface area contributed by atoms with E-state index in [1.165, 1.54) is 25.3 Å². The van der Waals surface area contributed by atoms with Gasteiger partial charge in [0.25, 0.3) is 0 Å². The van der Waals surface area contributed by atoms with Gasteiger partial charge < -0.3 is 10.1 Å². The Labute approximate surface area is 160 Å². The maximum atomic E-state index is 12.3. The SMILES string of the molecule is CC(=O)c1c(C)nn(CCC(=O)N[C@H]2COC[C@H]2CS(=O)(=O)N(C)C)c1C. The van der Waals surface area contributed by atoms with Crippen molar-refractivity contribution in [3.05, 3.63) is 17.0 Å². The molecule has 0 radical (unpaired) electrons. The topological polar surface area (TPSA) is 111 Å². The number of nitrogens with one attached hydrogen (secondary N) is 1. The van der Waals surface area contributed by atoms with Crippen LogP contribution in [0, 0.1) is 19.8 Å². The zero-order valence-corrected chi connectivity index (χ0v) is 17.3. The number of aromatic nitrogens is 2. The van der Waals surface area contributed by atoms with Crippen LogP contribution in [-0.2, 0) is 26.1 Å². The number of sulfonamides is 1. The highest BCUT2D eigenvalue weighted by atomic mass is 32.2. The van der Waals surface area contributed by atoms with Crippen molar-refractivity contribution in [2.75, 3.05) is 33.1 Å². The molecular formula is C17H28N4O5S. The van der Waals surface area contributed by atoms with Crippen molar-refractivity contribution in [2.45, 2.75) is 39.8 Å². The van der Waals surface area contributed by atoms with E-state index in [1.54, 1.807) is 11.6 Å². The number of ketones is 1. The van der Waals surface area contributed by atoms with Crippen LogP contribution in [0.3, 0.4) is 0 Å². The predicted molar refractivity (Wildman–Crippen MR) is 100 cm³/mol. The van der Waals surface area contributed by atoms with E-state index in [1.807, 2.05) is 6.92 Å². The predicted octanol–water partition coefficient (Wildman–Crippen LogP) is 0.115. The molecule has 1 aromatic rings. The Balaban J connectivity index is 1.94. The van der Waals surface area contributed by atoms with Gasteiger partial charge in [-0.05, 0) is 20.8 Å². The van der Waals surface area contributed by atoms with Gasteiger partial charge >= 0.3 is 0 Å². The number of nitrogens with zero attached hydrogens (tertiary/aromatic N) is 3. The molecular weight excluding hydrogens is 372 g/mol. The van der Waals surface area contributed by atoms with Gasteiger partial charge in [-0.2, -0.15) is 5.10 Å². The Morgan fingerprint density at radius 3 is 2.52 bits per heavy atom. The first-order valence-electron chi connectivity index (χ1n) is 8.85. The van der Waals surface area contributed by atoms with Crippen LogP contribution in [0.5, 0.6) is 0 Å². The van der Waals surface area contributed by atoms with Crippen LogP contribution in [0.2, 0.25) is 0 Å². The minimum atomic E-state index is -3.37. The van der Waals surface area contributed by atoms with Crippen LogP contribution in [0.4, 0.5) is 0 Å². The van der Waals surface area contributed by atoms with Gasteiger partial charge in [-0.3, -0.25) is 14.3 Å². The van der Waals surface area contributed by atoms with Crippen LogP contribution in [0.15, 0.2) is 0 Å². The number of amides is 1. The third kappa shape index (κ3) is 5.14. The fourth-order valence-electron chi connectivity index (χ4n) is 3.25. The third-order valence-electron chi connectivity index (χ3n) is 4.81. The molecule has 0 bridgehead atoms. The standard InChI is InChI=1S/C17H28N4O5S/c1-11-17(13(3)22)12(2)21(19-11)7-6-16(23)18-15-9-26-8-14(15)10-27(24,25)20(4)5/h14-15H,6-10H2,1-5H3,(H,18,23)/t14-,15-/m0/s1. The fourth-order valence-corrected chi connectivity index (χ4v) is 4.42. The van der Waals surface area contributed by atoms with Gasteiger partial charge in [0.15, 0.2) is 5.78 Å². The lowest BCUT2D eigenvalue weighted by molar-refractivity contribution is -0.122. The minimum absolute atomic E-state index is 0.0475. The van der Waals surface area contributed by atoms with E-state index in [9.17, 15) is 18.0 Å². The van der Waals surface area contributed by atoms with Crippen molar-refractivity contribution in [2.24, 2.45) is 5.92 Å². The number of carbonyl (C=O) groups is 2. The van der Waals surface area contributed by atoms with Gasteiger partial charge in [0.2, 0.25) is 15.9 Å². The molecule has 1 saturated heterocycles. The van der Waals surface area contributed by atoms with E-state index in [0.717, 1.165) is 5.69 Å². The highest BCUT2D eigenvalue weighted by molar-refractivity contribution is 7.89. The van der Waals surface area contributed by atoms with Crippen LogP contribution in [0.25, 0.3) is 0 Å². The smallest absolute Gasteiger partial charge is 0.222 e. The molecule has 152 valence electrons. The molecule has 10 heteroatoms. The van der Waals surface area contributed by atoms with Gasteiger partial charge in [-0.25, -0.2) is 12.7 Å². The summed E-state index contributed by atoms with van der Waals surface area (Å²) in [5, 5.41) is 7.19. The van der Waals surface area contributed by atoms with Gasteiger partial charge in [0.05, 0.1) is 36.3 Å². The Kier molecular flexibility index (Phi) is 6.77. The Hall–Kier alpha value is -1.78. The summed E-state index contributed by atoms with van der Waals surface area (Å²) in [5.74, 6) is -0.590. The molecule has 1 N–H and O–H groups in total. The Morgan fingerprint density at radius 2 is 1.96 bits per heavy atom. The van der Waals surface area contributed by atoms with E-state index < -0.39 is 10.0 Å². The van der Waals surface area contributed by atoms with E-state index in [-0.39, 0.29) is 35.8 Å². The molecule has 9 nitrogen and oxygen atoms in total. The van der Waals surface area contributed by atoms with Crippen molar-refractivity contribution in [1.29, 1.82) is 0 Å². The molecule has 0 spiro atoms. The fraction of sp³-hybridized carbons (Fsp3) is 0.706. The second kappa shape index (κ2) is 8.49. The molecule has 0 saturated carbocycles. The van der Waals surface area contributed by atoms with E-state index in [2.05, 4.69) is 10.4 Å². The molecule has 1 aromatic heterocycles. The average Bonchev–Trinajstić information content (AvgIpc) is 3.08. The van der Waals surface area contributed by atoms with E-state index in [0.29, 0.717) is 31.0 Å². The summed E-state index contributed by atoms with van der Waals surface area (Å²) >= 11 is 0. The van der Waals surface area contributed by atoms with Gasteiger partial charge in [0, 0.05) is 38.7 Å². The second-order valence-electron chi connectivity index (χ2n) is 7.11. The molecule has 1 aliphatic rings. The summed E-state index contributed by atoms with van der Waals surface area (Å²) in [6, 6.07) is -0.333. The number of rotatable bonds is 8. The number of Topliss-reactive ketones (excluding diaryl/α,β-unsaturated/α-hetero) is 1. The first-order valence-corrected chi connectivity index (χ1v) is 10.5. The van der Waals surface area contributed by atoms with Crippen molar-refractivity contribution in [3.63, 3.8) is 0 Å². The number of hydrogen-bond acceptors (Lipinski definition) is 6. The minimum Gasteiger partial charge on any atom is -0.379 e. The Bertz CT molecular complexity index is 816. The zero-order chi connectivity index (χ0) is 20.4. The number of ether oxygens (including phenoxy) is 1. The number of carbonyl (C=O) groups excluding carboxylic acids is 2. The van der Waals surface area contributed by atoms with Gasteiger partial charge in [-0.15, -0.1) is 0 Å². The van der Waals surface area contributed by atoms with Crippen molar-refractivity contribution >= 4 is 21.7 Å². The molecule has 0 aromatic carbocycles. The molecule has 27 heavy (non-hydrogen) atoms. The summed E-state index contributed by atoms with van der Waals surface area (Å²) in [7, 11) is -0.388. The largest absolute Gasteiger partial charge is 0.379 e. The summed E-state index contributed by atoms with van der Waals surface area (Å²) in [6.07, 6.45) is 0.183. The molecule has 1 amide bonds. The first-order chi connectivity index (χ1) is 12.5. The maximum absolute atomic E-state index is 12.3. The van der Waals surface area contributed by atoms with Crippen molar-refractivity contribution in [1.82, 2.24) is 19.4 Å². The van der Waals surface area contributed by atoms with Crippen LogP contribution < -0.4 is 5.32 Å². The molecule has 0 unspecified atom stereocenters. The Morgan fingerprint density at radius 1 is 1.30 bits per heavy atom. The van der Waals surface area contributed by atoms with Crippen LogP contribution in [-0.4, -0.2) is 73.3 Å². The lowest BCUT2D eigenvalue weighted by atomic mass is 10.1. The lowest BCUT2D eigenvalue weighted by Gasteiger charge is -2.21. The average molecular weight is 401 g/mol. The van der Waals surface area contributed by atoms with Gasteiger partial charge in [0.1, 0.15) is 0 Å². The van der Waals surface area contributed by atoms with Crippen LogP contribution >= 0.6 is 0 Å². The highest BCUT2D eigenvalue weighted by Gasteiger charge is 2.34. The summed E-state index contributed by atoms with van der Waals surface area (Å²) in [5.41, 5.74) is 1.99. The van der Waals surface area contributed by atoms with Crippen molar-refractivity contribution in [3.8, 4) is 0 Å². The quantitative estimate of drug-likeness (QED) is 0.621. The second-order valence-corrected chi connectivity index (χ2v) is 9.34. The molecule has 2 rings (SSSR count). The number of hydrogen-bond donors (Lipinski definition) is 1. The van der Waals surface area contributed by atoms with Crippen molar-refractivity contribution < 1.29 is 22.7 Å². The summed E-state index contributed by atoms with van der Waals surface area (Å²) in [4.78, 5) is 24.0. The normalized spacial score (nSPS) is 20.2. The molecule has 1 aliphatic heterocycles. The molecule has 2 atom stereocenters. The summed E-state index contributed by atoms with van der Waals surface area (Å²) in [6.45, 7) is 6.02. The molecule has 1 fully saturated rings. The highest BCUT2D eigenvalue weighted by Crippen LogP contribution is 2.18. The van der Waals surface area contributed by atoms with E-state index in [4.69, 9.17) is 4.74 Å². The maximum Gasteiger partial charge on any atom is 0.222 e. The monoisotopic (exact) mass is 400 g/mol. The molecule has 0 aliphatic carbocycles. The lowest BCUT2D eigenvalue weighted by Crippen LogP contribution is -2.43. The number of aryl methyl sites for hydroxylation is 2.